The molecule has 6 heteroatoms. The van der Waals surface area contributed by atoms with Gasteiger partial charge >= 0.3 is 6.18 Å². The van der Waals surface area contributed by atoms with Gasteiger partial charge in [0.25, 0.3) is 0 Å². The third-order valence-corrected chi connectivity index (χ3v) is 4.20. The molecule has 2 unspecified atom stereocenters. The highest BCUT2D eigenvalue weighted by Crippen LogP contribution is 2.29. The minimum Gasteiger partial charge on any atom is -0.343 e. The van der Waals surface area contributed by atoms with Crippen LogP contribution in [-0.2, 0) is 17.5 Å². The zero-order chi connectivity index (χ0) is 16.3. The van der Waals surface area contributed by atoms with Gasteiger partial charge in [-0.05, 0) is 30.0 Å². The molecule has 1 fully saturated rings. The fourth-order valence-corrected chi connectivity index (χ4v) is 2.80. The number of carbonyl (C=O) groups is 1. The molecule has 0 aromatic heterocycles. The SMILES string of the molecule is CC(=O)N1CCC(NCc2ccc(C(F)(F)F)cc2)C(C)C1. The molecule has 0 spiro atoms. The Kier molecular flexibility index (Phi) is 5.11. The quantitative estimate of drug-likeness (QED) is 0.930. The molecule has 1 aliphatic rings. The first kappa shape index (κ1) is 16.8. The Balaban J connectivity index is 1.87. The van der Waals surface area contributed by atoms with Gasteiger partial charge in [-0.1, -0.05) is 19.1 Å². The number of likely N-dealkylation sites (tertiary alicyclic amines) is 1. The number of hydrogen-bond acceptors (Lipinski definition) is 2. The average Bonchev–Trinajstić information content (AvgIpc) is 2.45. The van der Waals surface area contributed by atoms with E-state index in [9.17, 15) is 18.0 Å². The normalized spacial score (nSPS) is 22.7. The van der Waals surface area contributed by atoms with Crippen molar-refractivity contribution in [1.82, 2.24) is 10.2 Å². The first-order valence-corrected chi connectivity index (χ1v) is 7.42. The summed E-state index contributed by atoms with van der Waals surface area (Å²) in [6.45, 7) is 5.64. The maximum atomic E-state index is 12.5. The summed E-state index contributed by atoms with van der Waals surface area (Å²) >= 11 is 0. The van der Waals surface area contributed by atoms with Gasteiger partial charge in [-0.3, -0.25) is 4.79 Å². The lowest BCUT2D eigenvalue weighted by Crippen LogP contribution is -2.49. The van der Waals surface area contributed by atoms with Crippen molar-refractivity contribution in [2.24, 2.45) is 5.92 Å². The highest BCUT2D eigenvalue weighted by molar-refractivity contribution is 5.73. The van der Waals surface area contributed by atoms with E-state index in [0.717, 1.165) is 37.2 Å². The molecule has 0 radical (unpaired) electrons. The van der Waals surface area contributed by atoms with E-state index in [1.165, 1.54) is 12.1 Å². The molecule has 0 saturated carbocycles. The molecule has 122 valence electrons. The van der Waals surface area contributed by atoms with Crippen LogP contribution in [0.3, 0.4) is 0 Å². The van der Waals surface area contributed by atoms with Crippen molar-refractivity contribution in [3.63, 3.8) is 0 Å². The van der Waals surface area contributed by atoms with E-state index >= 15 is 0 Å². The van der Waals surface area contributed by atoms with Gasteiger partial charge in [-0.2, -0.15) is 13.2 Å². The van der Waals surface area contributed by atoms with E-state index in [1.54, 1.807) is 6.92 Å². The van der Waals surface area contributed by atoms with Crippen molar-refractivity contribution >= 4 is 5.91 Å². The first-order chi connectivity index (χ1) is 10.3. The molecule has 1 amide bonds. The molecule has 1 aromatic carbocycles. The van der Waals surface area contributed by atoms with Gasteiger partial charge in [0.2, 0.25) is 5.91 Å². The topological polar surface area (TPSA) is 32.3 Å². The van der Waals surface area contributed by atoms with E-state index in [0.29, 0.717) is 12.5 Å². The molecule has 1 N–H and O–H groups in total. The number of rotatable bonds is 3. The van der Waals surface area contributed by atoms with Crippen molar-refractivity contribution in [3.8, 4) is 0 Å². The van der Waals surface area contributed by atoms with Crippen LogP contribution in [0, 0.1) is 5.92 Å². The monoisotopic (exact) mass is 314 g/mol. The predicted molar refractivity (Wildman–Crippen MR) is 78.1 cm³/mol. The maximum absolute atomic E-state index is 12.5. The summed E-state index contributed by atoms with van der Waals surface area (Å²) in [7, 11) is 0. The third-order valence-electron chi connectivity index (χ3n) is 4.20. The summed E-state index contributed by atoms with van der Waals surface area (Å²) in [6.07, 6.45) is -3.43. The van der Waals surface area contributed by atoms with Gasteiger partial charge in [0.05, 0.1) is 5.56 Å². The molecule has 0 bridgehead atoms. The van der Waals surface area contributed by atoms with Crippen molar-refractivity contribution in [2.75, 3.05) is 13.1 Å². The Morgan fingerprint density at radius 1 is 1.32 bits per heavy atom. The van der Waals surface area contributed by atoms with Gasteiger partial charge in [0.1, 0.15) is 0 Å². The second kappa shape index (κ2) is 6.69. The predicted octanol–water partition coefficient (Wildman–Crippen LogP) is 3.05. The number of nitrogens with zero attached hydrogens (tertiary/aromatic N) is 1. The summed E-state index contributed by atoms with van der Waals surface area (Å²) < 4.78 is 37.5. The van der Waals surface area contributed by atoms with Gasteiger partial charge in [0.15, 0.2) is 0 Å². The van der Waals surface area contributed by atoms with E-state index in [4.69, 9.17) is 0 Å². The number of halogens is 3. The number of hydrogen-bond donors (Lipinski definition) is 1. The van der Waals surface area contributed by atoms with Crippen LogP contribution in [0.1, 0.15) is 31.4 Å². The number of piperidine rings is 1. The van der Waals surface area contributed by atoms with Crippen molar-refractivity contribution < 1.29 is 18.0 Å². The molecule has 1 aromatic rings. The van der Waals surface area contributed by atoms with Crippen LogP contribution >= 0.6 is 0 Å². The van der Waals surface area contributed by atoms with Crippen LogP contribution in [0.4, 0.5) is 13.2 Å². The Hall–Kier alpha value is -1.56. The summed E-state index contributed by atoms with van der Waals surface area (Å²) in [5, 5.41) is 3.39. The number of nitrogens with one attached hydrogen (secondary N) is 1. The van der Waals surface area contributed by atoms with Gasteiger partial charge < -0.3 is 10.2 Å². The molecular formula is C16H21F3N2O. The van der Waals surface area contributed by atoms with E-state index in [-0.39, 0.29) is 11.9 Å². The Labute approximate surface area is 128 Å². The molecule has 1 heterocycles. The van der Waals surface area contributed by atoms with Crippen LogP contribution in [0.2, 0.25) is 0 Å². The number of amides is 1. The van der Waals surface area contributed by atoms with Crippen LogP contribution in [0.25, 0.3) is 0 Å². The summed E-state index contributed by atoms with van der Waals surface area (Å²) in [6, 6.07) is 5.51. The molecule has 2 atom stereocenters. The fraction of sp³-hybridized carbons (Fsp3) is 0.562. The molecule has 0 aliphatic carbocycles. The summed E-state index contributed by atoms with van der Waals surface area (Å²) in [5.41, 5.74) is 0.202. The number of alkyl halides is 3. The van der Waals surface area contributed by atoms with Crippen molar-refractivity contribution in [3.05, 3.63) is 35.4 Å². The molecule has 3 nitrogen and oxygen atoms in total. The Morgan fingerprint density at radius 3 is 2.45 bits per heavy atom. The van der Waals surface area contributed by atoms with E-state index in [1.807, 2.05) is 4.90 Å². The van der Waals surface area contributed by atoms with Crippen LogP contribution in [0.5, 0.6) is 0 Å². The number of benzene rings is 1. The highest BCUT2D eigenvalue weighted by atomic mass is 19.4. The zero-order valence-electron chi connectivity index (χ0n) is 12.8. The van der Waals surface area contributed by atoms with Gasteiger partial charge in [-0.25, -0.2) is 0 Å². The van der Waals surface area contributed by atoms with E-state index < -0.39 is 11.7 Å². The van der Waals surface area contributed by atoms with Crippen molar-refractivity contribution in [1.29, 1.82) is 0 Å². The minimum atomic E-state index is -4.29. The lowest BCUT2D eigenvalue weighted by atomic mass is 9.93. The molecule has 1 aliphatic heterocycles. The first-order valence-electron chi connectivity index (χ1n) is 7.42. The van der Waals surface area contributed by atoms with Crippen molar-refractivity contribution in [2.45, 2.75) is 39.0 Å². The third kappa shape index (κ3) is 4.22. The molecule has 1 saturated heterocycles. The largest absolute Gasteiger partial charge is 0.416 e. The maximum Gasteiger partial charge on any atom is 0.416 e. The fourth-order valence-electron chi connectivity index (χ4n) is 2.80. The van der Waals surface area contributed by atoms with E-state index in [2.05, 4.69) is 12.2 Å². The van der Waals surface area contributed by atoms with Crippen LogP contribution in [0.15, 0.2) is 24.3 Å². The standard InChI is InChI=1S/C16H21F3N2O/c1-11-10-21(12(2)22)8-7-15(11)20-9-13-3-5-14(6-4-13)16(17,18)19/h3-6,11,15,20H,7-10H2,1-2H3. The van der Waals surface area contributed by atoms with Gasteiger partial charge in [-0.15, -0.1) is 0 Å². The Morgan fingerprint density at radius 2 is 1.95 bits per heavy atom. The Bertz CT molecular complexity index is 513. The molecule has 2 rings (SSSR count). The smallest absolute Gasteiger partial charge is 0.343 e. The average molecular weight is 314 g/mol. The zero-order valence-corrected chi connectivity index (χ0v) is 12.8. The minimum absolute atomic E-state index is 0.0908. The lowest BCUT2D eigenvalue weighted by molar-refractivity contribution is -0.137. The van der Waals surface area contributed by atoms with Crippen LogP contribution < -0.4 is 5.32 Å². The summed E-state index contributed by atoms with van der Waals surface area (Å²) in [4.78, 5) is 13.2. The van der Waals surface area contributed by atoms with Crippen LogP contribution in [-0.4, -0.2) is 29.9 Å². The second-order valence-electron chi connectivity index (χ2n) is 5.91. The lowest BCUT2D eigenvalue weighted by Gasteiger charge is -2.37. The molecule has 22 heavy (non-hydrogen) atoms. The molecular weight excluding hydrogens is 293 g/mol. The second-order valence-corrected chi connectivity index (χ2v) is 5.91. The number of carbonyl (C=O) groups excluding carboxylic acids is 1. The summed E-state index contributed by atoms with van der Waals surface area (Å²) in [5.74, 6) is 0.417. The van der Waals surface area contributed by atoms with Gasteiger partial charge in [0, 0.05) is 32.6 Å². The highest BCUT2D eigenvalue weighted by Gasteiger charge is 2.30.